The second kappa shape index (κ2) is 11.2. The van der Waals surface area contributed by atoms with Crippen LogP contribution in [0.4, 0.5) is 0 Å². The van der Waals surface area contributed by atoms with Crippen LogP contribution in [0.3, 0.4) is 0 Å². The average molecular weight is 465 g/mol. The largest absolute Gasteiger partial charge is 0.493 e. The summed E-state index contributed by atoms with van der Waals surface area (Å²) < 4.78 is 21.5. The van der Waals surface area contributed by atoms with Crippen molar-refractivity contribution in [1.82, 2.24) is 4.98 Å². The van der Waals surface area contributed by atoms with Crippen molar-refractivity contribution in [2.75, 3.05) is 33.7 Å². The lowest BCUT2D eigenvalue weighted by Gasteiger charge is -2.16. The Hall–Kier alpha value is -3.70. The predicted octanol–water partition coefficient (Wildman–Crippen LogP) is 4.97. The third kappa shape index (κ3) is 5.38. The minimum absolute atomic E-state index is 0.0441. The molecule has 170 valence electrons. The van der Waals surface area contributed by atoms with Gasteiger partial charge < -0.3 is 18.9 Å². The molecule has 3 aromatic rings. The lowest BCUT2D eigenvalue weighted by molar-refractivity contribution is -0.139. The molecule has 0 amide bonds. The number of rotatable bonds is 9. The molecule has 7 nitrogen and oxygen atoms in total. The first kappa shape index (κ1) is 24.0. The summed E-state index contributed by atoms with van der Waals surface area (Å²) in [5.41, 5.74) is 3.23. The average Bonchev–Trinajstić information content (AvgIpc) is 2.86. The number of nitrogens with zero attached hydrogens (tertiary/aromatic N) is 2. The van der Waals surface area contributed by atoms with Crippen molar-refractivity contribution in [3.63, 3.8) is 0 Å². The number of thioether (sulfide) groups is 1. The Morgan fingerprint density at radius 2 is 1.67 bits per heavy atom. The van der Waals surface area contributed by atoms with E-state index in [9.17, 15) is 10.1 Å². The van der Waals surface area contributed by atoms with E-state index in [0.29, 0.717) is 51.3 Å². The van der Waals surface area contributed by atoms with Gasteiger partial charge >= 0.3 is 5.97 Å². The Balaban J connectivity index is 2.22. The van der Waals surface area contributed by atoms with Crippen molar-refractivity contribution in [2.45, 2.75) is 11.9 Å². The van der Waals surface area contributed by atoms with Crippen LogP contribution in [0.25, 0.3) is 22.4 Å². The van der Waals surface area contributed by atoms with Crippen LogP contribution in [0.5, 0.6) is 17.2 Å². The monoisotopic (exact) mass is 464 g/mol. The van der Waals surface area contributed by atoms with Crippen LogP contribution in [-0.4, -0.2) is 44.6 Å². The van der Waals surface area contributed by atoms with E-state index in [1.807, 2.05) is 36.4 Å². The van der Waals surface area contributed by atoms with E-state index in [-0.39, 0.29) is 11.7 Å². The van der Waals surface area contributed by atoms with E-state index in [1.165, 1.54) is 33.1 Å². The summed E-state index contributed by atoms with van der Waals surface area (Å²) in [6.07, 6.45) is 0. The minimum atomic E-state index is -0.368. The number of carbonyl (C=O) groups is 1. The van der Waals surface area contributed by atoms with Crippen LogP contribution in [0, 0.1) is 11.3 Å². The van der Waals surface area contributed by atoms with Gasteiger partial charge in [0.15, 0.2) is 11.5 Å². The van der Waals surface area contributed by atoms with Crippen molar-refractivity contribution in [3.8, 4) is 45.7 Å². The highest BCUT2D eigenvalue weighted by atomic mass is 32.2. The molecule has 0 fully saturated rings. The molecule has 0 aliphatic rings. The molecule has 3 rings (SSSR count). The zero-order valence-electron chi connectivity index (χ0n) is 18.9. The van der Waals surface area contributed by atoms with Crippen molar-refractivity contribution >= 4 is 17.7 Å². The maximum Gasteiger partial charge on any atom is 0.316 e. The van der Waals surface area contributed by atoms with E-state index in [1.54, 1.807) is 19.1 Å². The molecule has 0 radical (unpaired) electrons. The van der Waals surface area contributed by atoms with Crippen LogP contribution in [-0.2, 0) is 9.53 Å². The summed E-state index contributed by atoms with van der Waals surface area (Å²) in [5.74, 6) is 1.07. The van der Waals surface area contributed by atoms with Crippen LogP contribution in [0.1, 0.15) is 12.5 Å². The van der Waals surface area contributed by atoms with E-state index in [0.717, 1.165) is 5.56 Å². The smallest absolute Gasteiger partial charge is 0.316 e. The minimum Gasteiger partial charge on any atom is -0.493 e. The fourth-order valence-corrected chi connectivity index (χ4v) is 4.09. The molecular formula is C25H24N2O5S. The summed E-state index contributed by atoms with van der Waals surface area (Å²) in [4.78, 5) is 16.7. The van der Waals surface area contributed by atoms with E-state index in [2.05, 4.69) is 6.07 Å². The fraction of sp³-hybridized carbons (Fsp3) is 0.240. The number of carbonyl (C=O) groups excluding carboxylic acids is 1. The molecule has 33 heavy (non-hydrogen) atoms. The zero-order chi connectivity index (χ0) is 23.8. The highest BCUT2D eigenvalue weighted by Gasteiger charge is 2.20. The van der Waals surface area contributed by atoms with Crippen LogP contribution in [0.2, 0.25) is 0 Å². The molecule has 0 spiro atoms. The van der Waals surface area contributed by atoms with E-state index in [4.69, 9.17) is 23.9 Å². The molecule has 0 aliphatic heterocycles. The summed E-state index contributed by atoms with van der Waals surface area (Å²) in [6.45, 7) is 2.04. The molecule has 0 bridgehead atoms. The Morgan fingerprint density at radius 1 is 1.00 bits per heavy atom. The van der Waals surface area contributed by atoms with Gasteiger partial charge in [-0.2, -0.15) is 5.26 Å². The van der Waals surface area contributed by atoms with Crippen LogP contribution < -0.4 is 14.2 Å². The number of pyridine rings is 1. The second-order valence-electron chi connectivity index (χ2n) is 6.72. The number of esters is 1. The number of benzene rings is 2. The summed E-state index contributed by atoms with van der Waals surface area (Å²) in [5, 5.41) is 10.5. The molecule has 0 atom stereocenters. The fourth-order valence-electron chi connectivity index (χ4n) is 3.29. The second-order valence-corrected chi connectivity index (χ2v) is 7.68. The van der Waals surface area contributed by atoms with E-state index < -0.39 is 0 Å². The van der Waals surface area contributed by atoms with Gasteiger partial charge in [-0.25, -0.2) is 4.98 Å². The molecule has 1 aromatic heterocycles. The third-order valence-corrected chi connectivity index (χ3v) is 5.72. The highest BCUT2D eigenvalue weighted by Crippen LogP contribution is 2.43. The Bertz CT molecular complexity index is 1150. The summed E-state index contributed by atoms with van der Waals surface area (Å²) in [6, 6.07) is 17.3. The topological polar surface area (TPSA) is 90.7 Å². The molecule has 0 saturated carbocycles. The van der Waals surface area contributed by atoms with Gasteiger partial charge in [-0.05, 0) is 30.7 Å². The molecule has 0 aliphatic carbocycles. The van der Waals surface area contributed by atoms with Gasteiger partial charge in [0.25, 0.3) is 0 Å². The predicted molar refractivity (Wildman–Crippen MR) is 127 cm³/mol. The molecule has 8 heteroatoms. The standard InChI is InChI=1S/C25H24N2O5S/c1-5-32-23(28)15-33-25-19(14-26)18(13-20(27-25)16-9-7-6-8-10-16)17-11-21(29-2)24(31-4)22(12-17)30-3/h6-13H,5,15H2,1-4H3. The van der Waals surface area contributed by atoms with Gasteiger partial charge in [-0.3, -0.25) is 4.79 Å². The number of nitriles is 1. The maximum atomic E-state index is 12.0. The van der Waals surface area contributed by atoms with Gasteiger partial charge in [-0.15, -0.1) is 0 Å². The number of hydrogen-bond acceptors (Lipinski definition) is 8. The van der Waals surface area contributed by atoms with E-state index >= 15 is 0 Å². The van der Waals surface area contributed by atoms with Gasteiger partial charge in [-0.1, -0.05) is 42.1 Å². The first-order valence-corrected chi connectivity index (χ1v) is 11.1. The molecule has 1 heterocycles. The highest BCUT2D eigenvalue weighted by molar-refractivity contribution is 7.99. The molecular weight excluding hydrogens is 440 g/mol. The summed E-state index contributed by atoms with van der Waals surface area (Å²) in [7, 11) is 4.61. The Kier molecular flexibility index (Phi) is 8.17. The number of aromatic nitrogens is 1. The molecule has 0 unspecified atom stereocenters. The summed E-state index contributed by atoms with van der Waals surface area (Å²) >= 11 is 1.17. The molecule has 2 aromatic carbocycles. The number of ether oxygens (including phenoxy) is 4. The normalized spacial score (nSPS) is 10.3. The Morgan fingerprint density at radius 3 is 2.21 bits per heavy atom. The van der Waals surface area contributed by atoms with Gasteiger partial charge in [0.1, 0.15) is 11.1 Å². The number of methoxy groups -OCH3 is 3. The quantitative estimate of drug-likeness (QED) is 0.324. The van der Waals surface area contributed by atoms with Crippen LogP contribution in [0.15, 0.2) is 53.6 Å². The lowest BCUT2D eigenvalue weighted by Crippen LogP contribution is -2.07. The Labute approximate surface area is 197 Å². The van der Waals surface area contributed by atoms with Crippen molar-refractivity contribution < 1.29 is 23.7 Å². The molecule has 0 N–H and O–H groups in total. The first-order chi connectivity index (χ1) is 16.1. The van der Waals surface area contributed by atoms with Gasteiger partial charge in [0.2, 0.25) is 5.75 Å². The van der Waals surface area contributed by atoms with Gasteiger partial charge in [0, 0.05) is 11.1 Å². The zero-order valence-corrected chi connectivity index (χ0v) is 19.7. The van der Waals surface area contributed by atoms with Gasteiger partial charge in [0.05, 0.1) is 44.9 Å². The van der Waals surface area contributed by atoms with Crippen molar-refractivity contribution in [1.29, 1.82) is 5.26 Å². The van der Waals surface area contributed by atoms with Crippen molar-refractivity contribution in [3.05, 3.63) is 54.1 Å². The van der Waals surface area contributed by atoms with Crippen molar-refractivity contribution in [2.24, 2.45) is 0 Å². The third-order valence-electron chi connectivity index (χ3n) is 4.78. The number of hydrogen-bond donors (Lipinski definition) is 0. The SMILES string of the molecule is CCOC(=O)CSc1nc(-c2ccccc2)cc(-c2cc(OC)c(OC)c(OC)c2)c1C#N. The lowest BCUT2D eigenvalue weighted by atomic mass is 9.98. The first-order valence-electron chi connectivity index (χ1n) is 10.2. The van der Waals surface area contributed by atoms with Crippen LogP contribution >= 0.6 is 11.8 Å². The maximum absolute atomic E-state index is 12.0. The molecule has 0 saturated heterocycles.